The van der Waals surface area contributed by atoms with Gasteiger partial charge in [-0.05, 0) is 35.5 Å². The zero-order valence-corrected chi connectivity index (χ0v) is 18.4. The van der Waals surface area contributed by atoms with Crippen LogP contribution in [0.25, 0.3) is 11.3 Å². The van der Waals surface area contributed by atoms with Gasteiger partial charge in [0, 0.05) is 19.4 Å². The van der Waals surface area contributed by atoms with Gasteiger partial charge in [0.15, 0.2) is 11.6 Å². The molecule has 1 unspecified atom stereocenters. The number of rotatable bonds is 2. The van der Waals surface area contributed by atoms with Crippen LogP contribution in [0.5, 0.6) is 5.75 Å². The smallest absolute Gasteiger partial charge is 0.315 e. The summed E-state index contributed by atoms with van der Waals surface area (Å²) in [5.74, 6) is -0.450. The van der Waals surface area contributed by atoms with E-state index in [1.54, 1.807) is 31.6 Å². The van der Waals surface area contributed by atoms with Crippen molar-refractivity contribution >= 4 is 51.2 Å². The van der Waals surface area contributed by atoms with Crippen molar-refractivity contribution in [2.24, 2.45) is 4.99 Å². The number of nitrogens with zero attached hydrogens (tertiary/aromatic N) is 5. The first kappa shape index (κ1) is 20.8. The Labute approximate surface area is 182 Å². The average Bonchev–Trinajstić information content (AvgIpc) is 2.87. The molecule has 0 bridgehead atoms. The molecule has 4 rings (SSSR count). The molecule has 31 heavy (non-hydrogen) atoms. The predicted molar refractivity (Wildman–Crippen MR) is 125 cm³/mol. The Hall–Kier alpha value is -3.45. The Morgan fingerprint density at radius 1 is 1.29 bits per heavy atom. The van der Waals surface area contributed by atoms with Crippen LogP contribution in [-0.4, -0.2) is 54.0 Å². The third kappa shape index (κ3) is 4.09. The number of hydrogen-bond donors (Lipinski definition) is 0. The Bertz CT molecular complexity index is 1250. The van der Waals surface area contributed by atoms with E-state index < -0.39 is 11.8 Å². The second-order valence-electron chi connectivity index (χ2n) is 7.14. The first-order valence-corrected chi connectivity index (χ1v) is 10.1. The zero-order valence-electron chi connectivity index (χ0n) is 17.3. The highest BCUT2D eigenvalue weighted by atomic mass is 31.0. The number of anilines is 1. The van der Waals surface area contributed by atoms with Crippen LogP contribution in [0.15, 0.2) is 47.7 Å². The van der Waals surface area contributed by atoms with E-state index in [-0.39, 0.29) is 18.1 Å². The molecule has 154 valence electrons. The van der Waals surface area contributed by atoms with Gasteiger partial charge in [0.25, 0.3) is 5.91 Å². The van der Waals surface area contributed by atoms with E-state index in [2.05, 4.69) is 29.2 Å². The van der Waals surface area contributed by atoms with Crippen LogP contribution in [0.4, 0.5) is 5.82 Å². The third-order valence-corrected chi connectivity index (χ3v) is 5.25. The van der Waals surface area contributed by atoms with Crippen LogP contribution < -0.4 is 20.4 Å². The molecule has 10 heteroatoms. The summed E-state index contributed by atoms with van der Waals surface area (Å²) in [4.78, 5) is 43.6. The van der Waals surface area contributed by atoms with Gasteiger partial charge in [0.2, 0.25) is 5.82 Å². The highest BCUT2D eigenvalue weighted by Crippen LogP contribution is 2.27. The van der Waals surface area contributed by atoms with Crippen molar-refractivity contribution in [2.75, 3.05) is 18.6 Å². The molecule has 0 radical (unpaired) electrons. The number of aryl methyl sites for hydroxylation is 1. The molecule has 3 heterocycles. The monoisotopic (exact) mass is 431 g/mol. The number of aromatic nitrogens is 3. The summed E-state index contributed by atoms with van der Waals surface area (Å²) in [5.41, 5.74) is 3.37. The number of fused-ring (bicyclic) bond motifs is 1. The lowest BCUT2D eigenvalue weighted by molar-refractivity contribution is -0.112. The first-order valence-electron chi connectivity index (χ1n) is 9.53. The fourth-order valence-corrected chi connectivity index (χ4v) is 3.61. The van der Waals surface area contributed by atoms with E-state index in [0.717, 1.165) is 21.9 Å². The number of carbonyl (C=O) groups is 2. The maximum absolute atomic E-state index is 12.8. The topological polar surface area (TPSA) is 97.6 Å². The molecule has 0 aliphatic carbocycles. The van der Waals surface area contributed by atoms with Crippen molar-refractivity contribution < 1.29 is 14.3 Å². The predicted octanol–water partition coefficient (Wildman–Crippen LogP) is 0.242. The van der Waals surface area contributed by atoms with E-state index >= 15 is 0 Å². The third-order valence-electron chi connectivity index (χ3n) is 4.89. The van der Waals surface area contributed by atoms with Gasteiger partial charge in [0.05, 0.1) is 5.69 Å². The number of pyridine rings is 1. The molecule has 2 aromatic heterocycles. The fraction of sp³-hybridized carbons (Fsp3) is 0.143. The second kappa shape index (κ2) is 8.36. The summed E-state index contributed by atoms with van der Waals surface area (Å²) in [6.07, 6.45) is 3.15. The Balaban J connectivity index is 1.67. The van der Waals surface area contributed by atoms with Gasteiger partial charge < -0.3 is 4.74 Å². The Morgan fingerprint density at radius 2 is 2.10 bits per heavy atom. The van der Waals surface area contributed by atoms with Crippen molar-refractivity contribution in [3.63, 3.8) is 0 Å². The number of amides is 2. The van der Waals surface area contributed by atoms with Gasteiger partial charge in [0.1, 0.15) is 20.2 Å². The largest absolute Gasteiger partial charge is 0.483 e. The van der Waals surface area contributed by atoms with Gasteiger partial charge >= 0.3 is 5.91 Å². The molecule has 0 N–H and O–H groups in total. The molecule has 8 nitrogen and oxygen atoms in total. The summed E-state index contributed by atoms with van der Waals surface area (Å²) in [6.45, 7) is 1.73. The second-order valence-corrected chi connectivity index (χ2v) is 7.81. The molecule has 1 aromatic carbocycles. The van der Waals surface area contributed by atoms with Gasteiger partial charge in [-0.1, -0.05) is 23.7 Å². The van der Waals surface area contributed by atoms with Crippen molar-refractivity contribution in [3.8, 4) is 17.0 Å². The standard InChI is InChI=1S/C21H19BN5O3P/c1-11-9-24-18(26-17(11)13-6-5-12(31)8-14(13)22)20(28)25-15-10-30-16-4-3-7-23-19(16)27(2)21(15)29/h3-9H,10,22,31H2,1-2H3/b25-15+. The lowest BCUT2D eigenvalue weighted by atomic mass is 9.88. The molecule has 1 atom stereocenters. The summed E-state index contributed by atoms with van der Waals surface area (Å²) in [6, 6.07) is 9.34. The lowest BCUT2D eigenvalue weighted by Crippen LogP contribution is -2.35. The normalized spacial score (nSPS) is 14.7. The summed E-state index contributed by atoms with van der Waals surface area (Å²) >= 11 is 0. The molecule has 0 saturated heterocycles. The van der Waals surface area contributed by atoms with E-state index in [4.69, 9.17) is 4.74 Å². The maximum Gasteiger partial charge on any atom is 0.315 e. The number of hydrogen-bond acceptors (Lipinski definition) is 6. The van der Waals surface area contributed by atoms with E-state index in [0.29, 0.717) is 17.3 Å². The van der Waals surface area contributed by atoms with Crippen LogP contribution >= 0.6 is 9.24 Å². The summed E-state index contributed by atoms with van der Waals surface area (Å²) < 4.78 is 5.63. The van der Waals surface area contributed by atoms with Crippen LogP contribution in [0.3, 0.4) is 0 Å². The van der Waals surface area contributed by atoms with Crippen molar-refractivity contribution in [1.82, 2.24) is 15.0 Å². The van der Waals surface area contributed by atoms with E-state index in [1.165, 1.54) is 4.90 Å². The molecule has 2 amide bonds. The van der Waals surface area contributed by atoms with Gasteiger partial charge in [-0.3, -0.25) is 14.5 Å². The minimum Gasteiger partial charge on any atom is -0.483 e. The average molecular weight is 431 g/mol. The van der Waals surface area contributed by atoms with Gasteiger partial charge in [-0.2, -0.15) is 0 Å². The minimum absolute atomic E-state index is 0.0419. The molecular weight excluding hydrogens is 412 g/mol. The van der Waals surface area contributed by atoms with Gasteiger partial charge in [-0.25, -0.2) is 19.9 Å². The van der Waals surface area contributed by atoms with Crippen molar-refractivity contribution in [3.05, 3.63) is 54.1 Å². The molecule has 1 aliphatic rings. The minimum atomic E-state index is -0.708. The highest BCUT2D eigenvalue weighted by Gasteiger charge is 2.28. The van der Waals surface area contributed by atoms with Crippen LogP contribution in [-0.2, 0) is 4.79 Å². The first-order chi connectivity index (χ1) is 14.8. The number of ether oxygens (including phenoxy) is 1. The number of benzene rings is 1. The number of carbonyl (C=O) groups excluding carboxylic acids is 2. The number of aliphatic imine (C=N–C) groups is 1. The maximum atomic E-state index is 12.8. The molecule has 3 aromatic rings. The van der Waals surface area contributed by atoms with E-state index in [1.807, 2.05) is 33.0 Å². The fourth-order valence-electron chi connectivity index (χ4n) is 3.27. The van der Waals surface area contributed by atoms with Crippen molar-refractivity contribution in [1.29, 1.82) is 0 Å². The Kier molecular flexibility index (Phi) is 5.61. The Morgan fingerprint density at radius 3 is 2.87 bits per heavy atom. The van der Waals surface area contributed by atoms with Crippen LogP contribution in [0.1, 0.15) is 16.2 Å². The molecule has 0 saturated carbocycles. The molecule has 1 aliphatic heterocycles. The lowest BCUT2D eigenvalue weighted by Gasteiger charge is -2.14. The molecule has 0 spiro atoms. The van der Waals surface area contributed by atoms with Crippen molar-refractivity contribution in [2.45, 2.75) is 6.92 Å². The van der Waals surface area contributed by atoms with Crippen LogP contribution in [0, 0.1) is 6.92 Å². The van der Waals surface area contributed by atoms with Gasteiger partial charge in [-0.15, -0.1) is 9.24 Å². The zero-order chi connectivity index (χ0) is 22.1. The molecular formula is C21H19BN5O3P. The highest BCUT2D eigenvalue weighted by molar-refractivity contribution is 7.27. The van der Waals surface area contributed by atoms with Crippen LogP contribution in [0.2, 0.25) is 0 Å². The van der Waals surface area contributed by atoms with E-state index in [9.17, 15) is 9.59 Å². The summed E-state index contributed by atoms with van der Waals surface area (Å²) in [5, 5.41) is 1.06. The quantitative estimate of drug-likeness (QED) is 0.426. The molecule has 0 fully saturated rings. The SMILES string of the molecule is Bc1cc(P)ccc1-c1nc(C(=O)/N=C2\COc3cccnc3N(C)C2=O)ncc1C. The summed E-state index contributed by atoms with van der Waals surface area (Å²) in [7, 11) is 6.19.